The molecular weight excluding hydrogens is 380 g/mol. The highest BCUT2D eigenvalue weighted by Crippen LogP contribution is 2.49. The van der Waals surface area contributed by atoms with Gasteiger partial charge in [0.1, 0.15) is 5.76 Å². The van der Waals surface area contributed by atoms with Gasteiger partial charge in [0.2, 0.25) is 5.88 Å². The van der Waals surface area contributed by atoms with Crippen molar-refractivity contribution in [3.63, 3.8) is 0 Å². The van der Waals surface area contributed by atoms with Crippen LogP contribution in [0.3, 0.4) is 0 Å². The van der Waals surface area contributed by atoms with Crippen molar-refractivity contribution in [2.45, 2.75) is 26.4 Å². The molecule has 0 aliphatic rings. The van der Waals surface area contributed by atoms with E-state index in [1.807, 2.05) is 60.3 Å². The fourth-order valence-corrected chi connectivity index (χ4v) is 3.99. The summed E-state index contributed by atoms with van der Waals surface area (Å²) in [6, 6.07) is 11.6. The van der Waals surface area contributed by atoms with Gasteiger partial charge in [-0.2, -0.15) is 0 Å². The predicted molar refractivity (Wildman–Crippen MR) is 114 cm³/mol. The summed E-state index contributed by atoms with van der Waals surface area (Å²) in [5.41, 5.74) is 2.99. The third-order valence-electron chi connectivity index (χ3n) is 5.40. The number of benzene rings is 1. The van der Waals surface area contributed by atoms with Gasteiger partial charge in [0.15, 0.2) is 11.5 Å². The number of aromatic hydroxyl groups is 2. The number of aromatic amines is 1. The second kappa shape index (κ2) is 7.18. The summed E-state index contributed by atoms with van der Waals surface area (Å²) in [6.07, 6.45) is 8.01. The van der Waals surface area contributed by atoms with Gasteiger partial charge in [-0.1, -0.05) is 18.2 Å². The Morgan fingerprint density at radius 2 is 1.97 bits per heavy atom. The van der Waals surface area contributed by atoms with Gasteiger partial charge in [-0.05, 0) is 31.5 Å². The molecule has 0 saturated heterocycles. The molecule has 5 rings (SSSR count). The van der Waals surface area contributed by atoms with Crippen LogP contribution >= 0.6 is 0 Å². The van der Waals surface area contributed by atoms with Gasteiger partial charge < -0.3 is 28.7 Å². The molecule has 0 amide bonds. The lowest BCUT2D eigenvalue weighted by Crippen LogP contribution is -2.04. The molecule has 0 aliphatic carbocycles. The standard InChI is InChI=1S/C23H22N4O3/c1-15-7-8-19(30-15)21-20(17-13-25-18-6-3-2-5-16(17)18)22(28)23(29)27(21)11-4-10-26-12-9-24-14-26/h2-3,5-9,12-14,25,28-29H,4,10-11H2,1H3. The van der Waals surface area contributed by atoms with Crippen molar-refractivity contribution in [3.05, 3.63) is 67.1 Å². The molecule has 0 fully saturated rings. The molecule has 7 nitrogen and oxygen atoms in total. The summed E-state index contributed by atoms with van der Waals surface area (Å²) >= 11 is 0. The van der Waals surface area contributed by atoms with Crippen LogP contribution < -0.4 is 0 Å². The minimum absolute atomic E-state index is 0.147. The molecule has 3 N–H and O–H groups in total. The zero-order valence-electron chi connectivity index (χ0n) is 16.5. The van der Waals surface area contributed by atoms with Crippen LogP contribution in [0.4, 0.5) is 0 Å². The Morgan fingerprint density at radius 3 is 2.73 bits per heavy atom. The average molecular weight is 402 g/mol. The predicted octanol–water partition coefficient (Wildman–Crippen LogP) is 4.90. The van der Waals surface area contributed by atoms with Crippen LogP contribution in [0.15, 0.2) is 65.7 Å². The Labute approximate surface area is 172 Å². The van der Waals surface area contributed by atoms with Crippen molar-refractivity contribution in [2.75, 3.05) is 0 Å². The fraction of sp³-hybridized carbons (Fsp3) is 0.174. The first-order valence-corrected chi connectivity index (χ1v) is 9.87. The van der Waals surface area contributed by atoms with Gasteiger partial charge in [0.05, 0.1) is 17.6 Å². The maximum Gasteiger partial charge on any atom is 0.235 e. The zero-order valence-corrected chi connectivity index (χ0v) is 16.5. The third kappa shape index (κ3) is 2.95. The maximum absolute atomic E-state index is 10.9. The molecule has 0 radical (unpaired) electrons. The molecule has 0 aliphatic heterocycles. The molecule has 0 unspecified atom stereocenters. The summed E-state index contributed by atoms with van der Waals surface area (Å²) in [4.78, 5) is 7.31. The van der Waals surface area contributed by atoms with Crippen molar-refractivity contribution in [1.29, 1.82) is 0 Å². The molecule has 7 heteroatoms. The van der Waals surface area contributed by atoms with Gasteiger partial charge in [0, 0.05) is 48.1 Å². The van der Waals surface area contributed by atoms with Crippen molar-refractivity contribution in [2.24, 2.45) is 0 Å². The second-order valence-electron chi connectivity index (χ2n) is 7.36. The van der Waals surface area contributed by atoms with E-state index in [-0.39, 0.29) is 11.6 Å². The molecule has 152 valence electrons. The van der Waals surface area contributed by atoms with E-state index in [2.05, 4.69) is 9.97 Å². The third-order valence-corrected chi connectivity index (χ3v) is 5.40. The lowest BCUT2D eigenvalue weighted by atomic mass is 10.0. The highest BCUT2D eigenvalue weighted by Gasteiger charge is 2.27. The van der Waals surface area contributed by atoms with Gasteiger partial charge in [-0.25, -0.2) is 4.98 Å². The Morgan fingerprint density at radius 1 is 1.10 bits per heavy atom. The number of fused-ring (bicyclic) bond motifs is 1. The van der Waals surface area contributed by atoms with Gasteiger partial charge in [0.25, 0.3) is 0 Å². The first kappa shape index (κ1) is 18.2. The Hall–Kier alpha value is -3.87. The average Bonchev–Trinajstić information content (AvgIpc) is 3.52. The monoisotopic (exact) mass is 402 g/mol. The van der Waals surface area contributed by atoms with Gasteiger partial charge in [-0.15, -0.1) is 0 Å². The first-order valence-electron chi connectivity index (χ1n) is 9.87. The largest absolute Gasteiger partial charge is 0.503 e. The highest BCUT2D eigenvalue weighted by atomic mass is 16.3. The number of nitrogens with one attached hydrogen (secondary N) is 1. The number of aromatic nitrogens is 4. The summed E-state index contributed by atoms with van der Waals surface area (Å²) < 4.78 is 9.62. The van der Waals surface area contributed by atoms with Crippen LogP contribution in [-0.2, 0) is 13.1 Å². The van der Waals surface area contributed by atoms with Crippen LogP contribution in [0.2, 0.25) is 0 Å². The van der Waals surface area contributed by atoms with Crippen molar-refractivity contribution < 1.29 is 14.6 Å². The molecule has 1 aromatic carbocycles. The van der Waals surface area contributed by atoms with E-state index in [1.165, 1.54) is 0 Å². The van der Waals surface area contributed by atoms with Crippen molar-refractivity contribution in [3.8, 4) is 34.2 Å². The summed E-state index contributed by atoms with van der Waals surface area (Å²) in [5, 5.41) is 22.7. The highest BCUT2D eigenvalue weighted by molar-refractivity contribution is 6.01. The van der Waals surface area contributed by atoms with E-state index in [4.69, 9.17) is 4.42 Å². The smallest absolute Gasteiger partial charge is 0.235 e. The van der Waals surface area contributed by atoms with E-state index in [9.17, 15) is 10.2 Å². The van der Waals surface area contributed by atoms with Crippen LogP contribution in [0.1, 0.15) is 12.2 Å². The van der Waals surface area contributed by atoms with E-state index in [0.717, 1.165) is 35.2 Å². The van der Waals surface area contributed by atoms with E-state index in [0.29, 0.717) is 23.6 Å². The molecule has 0 atom stereocenters. The minimum atomic E-state index is -0.162. The number of hydrogen-bond acceptors (Lipinski definition) is 4. The topological polar surface area (TPSA) is 92.1 Å². The number of furan rings is 1. The Bertz CT molecular complexity index is 1310. The lowest BCUT2D eigenvalue weighted by molar-refractivity contribution is 0.368. The molecule has 4 aromatic heterocycles. The Kier molecular flexibility index (Phi) is 4.35. The molecular formula is C23H22N4O3. The van der Waals surface area contributed by atoms with E-state index < -0.39 is 0 Å². The SMILES string of the molecule is Cc1ccc(-c2c(-c3c[nH]c4ccccc34)c(O)c(O)n2CCCn2ccnc2)o1. The van der Waals surface area contributed by atoms with Crippen LogP contribution in [0, 0.1) is 6.92 Å². The van der Waals surface area contributed by atoms with Crippen LogP contribution in [0.5, 0.6) is 11.6 Å². The fourth-order valence-electron chi connectivity index (χ4n) is 3.99. The molecule has 0 spiro atoms. The normalized spacial score (nSPS) is 11.5. The zero-order chi connectivity index (χ0) is 20.7. The number of nitrogens with zero attached hydrogens (tertiary/aromatic N) is 3. The molecule has 5 aromatic rings. The van der Waals surface area contributed by atoms with E-state index >= 15 is 0 Å². The number of hydrogen-bond donors (Lipinski definition) is 3. The second-order valence-corrected chi connectivity index (χ2v) is 7.36. The summed E-state index contributed by atoms with van der Waals surface area (Å²) in [7, 11) is 0. The molecule has 4 heterocycles. The number of imidazole rings is 1. The molecule has 0 saturated carbocycles. The number of para-hydroxylation sites is 1. The van der Waals surface area contributed by atoms with Gasteiger partial charge >= 0.3 is 0 Å². The van der Waals surface area contributed by atoms with Crippen molar-refractivity contribution in [1.82, 2.24) is 19.1 Å². The number of H-pyrrole nitrogens is 1. The number of aryl methyl sites for hydroxylation is 2. The van der Waals surface area contributed by atoms with Crippen LogP contribution in [0.25, 0.3) is 33.5 Å². The summed E-state index contributed by atoms with van der Waals surface area (Å²) in [6.45, 7) is 3.13. The number of rotatable bonds is 6. The quantitative estimate of drug-likeness (QED) is 0.377. The minimum Gasteiger partial charge on any atom is -0.503 e. The lowest BCUT2D eigenvalue weighted by Gasteiger charge is -2.10. The van der Waals surface area contributed by atoms with E-state index in [1.54, 1.807) is 17.1 Å². The van der Waals surface area contributed by atoms with Crippen LogP contribution in [-0.4, -0.2) is 29.3 Å². The first-order chi connectivity index (χ1) is 14.6. The Balaban J connectivity index is 1.64. The molecule has 0 bridgehead atoms. The van der Waals surface area contributed by atoms with Gasteiger partial charge in [-0.3, -0.25) is 0 Å². The summed E-state index contributed by atoms with van der Waals surface area (Å²) in [5.74, 6) is 1.06. The van der Waals surface area contributed by atoms with Crippen molar-refractivity contribution >= 4 is 10.9 Å². The molecule has 30 heavy (non-hydrogen) atoms. The maximum atomic E-state index is 10.9.